The lowest BCUT2D eigenvalue weighted by molar-refractivity contribution is 0.0879. The highest BCUT2D eigenvalue weighted by molar-refractivity contribution is 9.10. The van der Waals surface area contributed by atoms with E-state index in [4.69, 9.17) is 0 Å². The number of nitrogens with one attached hydrogen (secondary N) is 1. The Labute approximate surface area is 103 Å². The molecule has 0 saturated heterocycles. The molecule has 88 valence electrons. The fraction of sp³-hybridized carbons (Fsp3) is 0.417. The molecule has 0 aromatic heterocycles. The summed E-state index contributed by atoms with van der Waals surface area (Å²) in [5.41, 5.74) is -0.642. The molecule has 1 N–H and O–H groups in total. The van der Waals surface area contributed by atoms with Gasteiger partial charge in [-0.05, 0) is 48.5 Å². The molecule has 0 radical (unpaired) electrons. The van der Waals surface area contributed by atoms with Crippen molar-refractivity contribution in [2.45, 2.75) is 26.3 Å². The quantitative estimate of drug-likeness (QED) is 0.862. The summed E-state index contributed by atoms with van der Waals surface area (Å²) in [6.45, 7) is 6.07. The maximum Gasteiger partial charge on any atom is 0.185 e. The number of Topliss-reactive ketones (excluding diaryl/α,β-unsaturated/α-hetero) is 1. The van der Waals surface area contributed by atoms with Crippen molar-refractivity contribution in [1.29, 1.82) is 0 Å². The summed E-state index contributed by atoms with van der Waals surface area (Å²) in [5, 5.41) is 3.04. The van der Waals surface area contributed by atoms with Crippen molar-refractivity contribution >= 4 is 21.7 Å². The Bertz CT molecular complexity index is 404. The van der Waals surface area contributed by atoms with Gasteiger partial charge in [-0.25, -0.2) is 4.39 Å². The van der Waals surface area contributed by atoms with E-state index in [1.54, 1.807) is 26.0 Å². The van der Waals surface area contributed by atoms with Crippen molar-refractivity contribution in [3.8, 4) is 0 Å². The third-order valence-corrected chi connectivity index (χ3v) is 3.00. The topological polar surface area (TPSA) is 29.1 Å². The Morgan fingerprint density at radius 2 is 2.12 bits per heavy atom. The van der Waals surface area contributed by atoms with Crippen LogP contribution in [0.25, 0.3) is 0 Å². The summed E-state index contributed by atoms with van der Waals surface area (Å²) < 4.78 is 14.0. The molecule has 2 nitrogen and oxygen atoms in total. The van der Waals surface area contributed by atoms with Crippen molar-refractivity contribution < 1.29 is 9.18 Å². The number of hydrogen-bond acceptors (Lipinski definition) is 2. The third-order valence-electron chi connectivity index (χ3n) is 2.38. The number of carbonyl (C=O) groups is 1. The van der Waals surface area contributed by atoms with Gasteiger partial charge < -0.3 is 5.32 Å². The molecule has 0 spiro atoms. The van der Waals surface area contributed by atoms with Crippen LogP contribution in [-0.4, -0.2) is 17.9 Å². The summed E-state index contributed by atoms with van der Waals surface area (Å²) in [6, 6.07) is 4.73. The van der Waals surface area contributed by atoms with E-state index in [-0.39, 0.29) is 11.3 Å². The van der Waals surface area contributed by atoms with E-state index >= 15 is 0 Å². The molecule has 1 rings (SSSR count). The minimum atomic E-state index is -0.754. The van der Waals surface area contributed by atoms with Crippen LogP contribution in [0.4, 0.5) is 4.39 Å². The monoisotopic (exact) mass is 287 g/mol. The van der Waals surface area contributed by atoms with E-state index in [1.807, 2.05) is 6.92 Å². The van der Waals surface area contributed by atoms with Gasteiger partial charge in [0.2, 0.25) is 0 Å². The lowest BCUT2D eigenvalue weighted by Gasteiger charge is -2.24. The molecule has 0 aliphatic rings. The Balaban J connectivity index is 3.10. The standard InChI is InChI=1S/C12H15BrFNO/c1-4-15-12(2,3)11(16)8-6-5-7-9(13)10(8)14/h5-7,15H,4H2,1-3H3. The van der Waals surface area contributed by atoms with Crippen LogP contribution in [-0.2, 0) is 0 Å². The van der Waals surface area contributed by atoms with Gasteiger partial charge in [0, 0.05) is 0 Å². The van der Waals surface area contributed by atoms with Gasteiger partial charge in [-0.1, -0.05) is 13.0 Å². The number of rotatable bonds is 4. The second-order valence-electron chi connectivity index (χ2n) is 4.09. The normalized spacial score (nSPS) is 11.6. The van der Waals surface area contributed by atoms with Crippen LogP contribution in [0.15, 0.2) is 22.7 Å². The molecular formula is C12H15BrFNO. The van der Waals surface area contributed by atoms with Crippen LogP contribution in [0.3, 0.4) is 0 Å². The minimum Gasteiger partial charge on any atom is -0.305 e. The van der Waals surface area contributed by atoms with E-state index < -0.39 is 11.4 Å². The van der Waals surface area contributed by atoms with Gasteiger partial charge in [0.25, 0.3) is 0 Å². The average Bonchev–Trinajstić information content (AvgIpc) is 2.21. The smallest absolute Gasteiger partial charge is 0.185 e. The lowest BCUT2D eigenvalue weighted by Crippen LogP contribution is -2.46. The summed E-state index contributed by atoms with van der Waals surface area (Å²) in [7, 11) is 0. The molecule has 16 heavy (non-hydrogen) atoms. The summed E-state index contributed by atoms with van der Waals surface area (Å²) >= 11 is 3.07. The van der Waals surface area contributed by atoms with E-state index in [0.717, 1.165) is 0 Å². The van der Waals surface area contributed by atoms with Crippen LogP contribution >= 0.6 is 15.9 Å². The predicted molar refractivity (Wildman–Crippen MR) is 66.2 cm³/mol. The Hall–Kier alpha value is -0.740. The summed E-state index contributed by atoms with van der Waals surface area (Å²) in [4.78, 5) is 12.1. The van der Waals surface area contributed by atoms with Crippen molar-refractivity contribution in [3.63, 3.8) is 0 Å². The molecule has 4 heteroatoms. The highest BCUT2D eigenvalue weighted by atomic mass is 79.9. The highest BCUT2D eigenvalue weighted by Crippen LogP contribution is 2.22. The van der Waals surface area contributed by atoms with Gasteiger partial charge in [0.1, 0.15) is 5.82 Å². The Morgan fingerprint density at radius 3 is 2.69 bits per heavy atom. The first kappa shape index (κ1) is 13.3. The minimum absolute atomic E-state index is 0.111. The number of likely N-dealkylation sites (N-methyl/N-ethyl adjacent to an activating group) is 1. The first-order valence-electron chi connectivity index (χ1n) is 5.14. The Morgan fingerprint density at radius 1 is 1.50 bits per heavy atom. The van der Waals surface area contributed by atoms with Gasteiger partial charge in [-0.3, -0.25) is 4.79 Å². The number of ketones is 1. The van der Waals surface area contributed by atoms with Crippen LogP contribution in [0.5, 0.6) is 0 Å². The fourth-order valence-corrected chi connectivity index (χ4v) is 1.90. The van der Waals surface area contributed by atoms with E-state index in [0.29, 0.717) is 11.0 Å². The van der Waals surface area contributed by atoms with Gasteiger partial charge in [-0.15, -0.1) is 0 Å². The first-order chi connectivity index (χ1) is 7.40. The van der Waals surface area contributed by atoms with Crippen LogP contribution in [0.2, 0.25) is 0 Å². The molecule has 0 bridgehead atoms. The van der Waals surface area contributed by atoms with Crippen LogP contribution in [0.1, 0.15) is 31.1 Å². The van der Waals surface area contributed by atoms with Gasteiger partial charge in [0.05, 0.1) is 15.6 Å². The van der Waals surface area contributed by atoms with E-state index in [1.165, 1.54) is 6.07 Å². The van der Waals surface area contributed by atoms with Crippen molar-refractivity contribution in [1.82, 2.24) is 5.32 Å². The predicted octanol–water partition coefficient (Wildman–Crippen LogP) is 3.16. The van der Waals surface area contributed by atoms with Crippen molar-refractivity contribution in [3.05, 3.63) is 34.1 Å². The molecule has 0 atom stereocenters. The first-order valence-corrected chi connectivity index (χ1v) is 5.93. The van der Waals surface area contributed by atoms with E-state index in [2.05, 4.69) is 21.2 Å². The maximum absolute atomic E-state index is 13.7. The lowest BCUT2D eigenvalue weighted by atomic mass is 9.93. The molecule has 1 aromatic rings. The average molecular weight is 288 g/mol. The largest absolute Gasteiger partial charge is 0.305 e. The molecular weight excluding hydrogens is 273 g/mol. The van der Waals surface area contributed by atoms with Gasteiger partial charge in [0.15, 0.2) is 5.78 Å². The SMILES string of the molecule is CCNC(C)(C)C(=O)c1cccc(Br)c1F. The molecule has 0 heterocycles. The summed E-state index contributed by atoms with van der Waals surface area (Å²) in [5.74, 6) is -0.744. The van der Waals surface area contributed by atoms with Gasteiger partial charge in [-0.2, -0.15) is 0 Å². The van der Waals surface area contributed by atoms with Gasteiger partial charge >= 0.3 is 0 Å². The second-order valence-corrected chi connectivity index (χ2v) is 4.94. The zero-order chi connectivity index (χ0) is 12.3. The van der Waals surface area contributed by atoms with Crippen molar-refractivity contribution in [2.24, 2.45) is 0 Å². The van der Waals surface area contributed by atoms with Crippen LogP contribution in [0, 0.1) is 5.82 Å². The molecule has 0 aliphatic carbocycles. The second kappa shape index (κ2) is 5.06. The van der Waals surface area contributed by atoms with Crippen LogP contribution < -0.4 is 5.32 Å². The molecule has 0 aliphatic heterocycles. The molecule has 0 amide bonds. The molecule has 0 fully saturated rings. The molecule has 0 unspecified atom stereocenters. The van der Waals surface area contributed by atoms with Crippen molar-refractivity contribution in [2.75, 3.05) is 6.54 Å². The fourth-order valence-electron chi connectivity index (χ4n) is 1.54. The summed E-state index contributed by atoms with van der Waals surface area (Å²) in [6.07, 6.45) is 0. The zero-order valence-electron chi connectivity index (χ0n) is 9.60. The number of hydrogen-bond donors (Lipinski definition) is 1. The maximum atomic E-state index is 13.7. The Kier molecular flexibility index (Phi) is 4.21. The molecule has 1 aromatic carbocycles. The molecule has 0 saturated carbocycles. The number of benzene rings is 1. The van der Waals surface area contributed by atoms with E-state index in [9.17, 15) is 9.18 Å². The highest BCUT2D eigenvalue weighted by Gasteiger charge is 2.29. The number of carbonyl (C=O) groups excluding carboxylic acids is 1. The zero-order valence-corrected chi connectivity index (χ0v) is 11.2. The third kappa shape index (κ3) is 2.68. The number of halogens is 2.